The fraction of sp³-hybridized carbons (Fsp3) is 0.357. The number of nitrogens with one attached hydrogen (secondary N) is 1. The summed E-state index contributed by atoms with van der Waals surface area (Å²) in [6.07, 6.45) is 3.22. The number of sulfonamides is 1. The van der Waals surface area contributed by atoms with E-state index in [2.05, 4.69) is 9.82 Å². The predicted molar refractivity (Wildman–Crippen MR) is 80.5 cm³/mol. The first-order valence-electron chi connectivity index (χ1n) is 7.06. The maximum Gasteiger partial charge on any atom is 0.244 e. The molecule has 1 aliphatic heterocycles. The van der Waals surface area contributed by atoms with E-state index < -0.39 is 21.7 Å². The van der Waals surface area contributed by atoms with Crippen LogP contribution in [0.2, 0.25) is 0 Å². The number of nitrogens with zero attached hydrogens (tertiary/aromatic N) is 3. The first-order chi connectivity index (χ1) is 10.8. The van der Waals surface area contributed by atoms with E-state index in [1.54, 1.807) is 11.9 Å². The summed E-state index contributed by atoms with van der Waals surface area (Å²) in [4.78, 5) is 1.79. The standard InChI is InChI=1S/C14H16F2N4O2S/c1-19-9-12(7-17-19)23(21,22)18-11-4-5-20(8-11)14-3-2-10(15)6-13(14)16/h2-3,6-7,9,11,18H,4-5,8H2,1H3/t11-/m0/s1. The molecule has 6 nitrogen and oxygen atoms in total. The molecule has 0 bridgehead atoms. The van der Waals surface area contributed by atoms with Gasteiger partial charge in [0.25, 0.3) is 0 Å². The Bertz CT molecular complexity index is 822. The highest BCUT2D eigenvalue weighted by molar-refractivity contribution is 7.89. The van der Waals surface area contributed by atoms with Crippen LogP contribution < -0.4 is 9.62 Å². The van der Waals surface area contributed by atoms with Crippen LogP contribution in [0.15, 0.2) is 35.5 Å². The molecule has 1 aromatic heterocycles. The summed E-state index contributed by atoms with van der Waals surface area (Å²) in [7, 11) is -2.03. The lowest BCUT2D eigenvalue weighted by Crippen LogP contribution is -2.37. The highest BCUT2D eigenvalue weighted by Crippen LogP contribution is 2.25. The van der Waals surface area contributed by atoms with Crippen molar-refractivity contribution in [3.8, 4) is 0 Å². The quantitative estimate of drug-likeness (QED) is 0.908. The third-order valence-corrected chi connectivity index (χ3v) is 5.23. The van der Waals surface area contributed by atoms with Crippen molar-refractivity contribution in [1.29, 1.82) is 0 Å². The lowest BCUT2D eigenvalue weighted by Gasteiger charge is -2.19. The Hall–Kier alpha value is -2.00. The van der Waals surface area contributed by atoms with Gasteiger partial charge in [0.05, 0.1) is 11.9 Å². The summed E-state index contributed by atoms with van der Waals surface area (Å²) in [5.74, 6) is -1.29. The van der Waals surface area contributed by atoms with Gasteiger partial charge in [0.15, 0.2) is 0 Å². The van der Waals surface area contributed by atoms with Crippen LogP contribution in [0.3, 0.4) is 0 Å². The molecule has 0 unspecified atom stereocenters. The summed E-state index contributed by atoms with van der Waals surface area (Å²) in [5.41, 5.74) is 0.273. The van der Waals surface area contributed by atoms with Crippen LogP contribution in [0.1, 0.15) is 6.42 Å². The molecule has 0 amide bonds. The molecule has 2 heterocycles. The summed E-state index contributed by atoms with van der Waals surface area (Å²) in [5, 5.41) is 3.84. The fourth-order valence-electron chi connectivity index (χ4n) is 2.64. The molecule has 1 aliphatic rings. The van der Waals surface area contributed by atoms with Gasteiger partial charge < -0.3 is 4.90 Å². The van der Waals surface area contributed by atoms with Crippen molar-refractivity contribution in [3.63, 3.8) is 0 Å². The van der Waals surface area contributed by atoms with Gasteiger partial charge in [-0.2, -0.15) is 5.10 Å². The molecule has 124 valence electrons. The summed E-state index contributed by atoms with van der Waals surface area (Å²) >= 11 is 0. The Morgan fingerprint density at radius 3 is 2.78 bits per heavy atom. The van der Waals surface area contributed by atoms with E-state index >= 15 is 0 Å². The number of rotatable bonds is 4. The zero-order valence-corrected chi connectivity index (χ0v) is 13.2. The smallest absolute Gasteiger partial charge is 0.244 e. The molecule has 1 N–H and O–H groups in total. The van der Waals surface area contributed by atoms with Gasteiger partial charge in [0, 0.05) is 38.4 Å². The Kier molecular flexibility index (Phi) is 4.07. The third-order valence-electron chi connectivity index (χ3n) is 3.75. The number of hydrogen-bond acceptors (Lipinski definition) is 4. The monoisotopic (exact) mass is 342 g/mol. The van der Waals surface area contributed by atoms with Crippen molar-refractivity contribution in [2.45, 2.75) is 17.4 Å². The Balaban J connectivity index is 1.70. The molecule has 0 aliphatic carbocycles. The van der Waals surface area contributed by atoms with E-state index in [0.29, 0.717) is 19.5 Å². The van der Waals surface area contributed by atoms with Crippen LogP contribution in [0, 0.1) is 11.6 Å². The van der Waals surface area contributed by atoms with Crippen LogP contribution >= 0.6 is 0 Å². The lowest BCUT2D eigenvalue weighted by atomic mass is 10.2. The zero-order chi connectivity index (χ0) is 16.6. The van der Waals surface area contributed by atoms with Gasteiger partial charge in [-0.05, 0) is 18.6 Å². The van der Waals surface area contributed by atoms with E-state index in [4.69, 9.17) is 0 Å². The molecule has 0 spiro atoms. The second kappa shape index (κ2) is 5.89. The first-order valence-corrected chi connectivity index (χ1v) is 8.54. The summed E-state index contributed by atoms with van der Waals surface area (Å²) in [6.45, 7) is 0.810. The highest BCUT2D eigenvalue weighted by atomic mass is 32.2. The molecular formula is C14H16F2N4O2S. The molecule has 1 aromatic carbocycles. The minimum atomic E-state index is -3.66. The molecule has 1 fully saturated rings. The van der Waals surface area contributed by atoms with Crippen LogP contribution in [0.25, 0.3) is 0 Å². The molecule has 3 rings (SSSR count). The number of benzene rings is 1. The van der Waals surface area contributed by atoms with Gasteiger partial charge in [-0.25, -0.2) is 21.9 Å². The highest BCUT2D eigenvalue weighted by Gasteiger charge is 2.29. The van der Waals surface area contributed by atoms with Crippen molar-refractivity contribution in [2.75, 3.05) is 18.0 Å². The molecular weight excluding hydrogens is 326 g/mol. The molecule has 1 saturated heterocycles. The number of anilines is 1. The zero-order valence-electron chi connectivity index (χ0n) is 12.4. The normalized spacial score (nSPS) is 18.6. The molecule has 2 aromatic rings. The number of aryl methyl sites for hydroxylation is 1. The second-order valence-electron chi connectivity index (χ2n) is 5.50. The van der Waals surface area contributed by atoms with Crippen molar-refractivity contribution in [1.82, 2.24) is 14.5 Å². The maximum absolute atomic E-state index is 13.8. The van der Waals surface area contributed by atoms with Crippen LogP contribution in [-0.4, -0.2) is 37.3 Å². The van der Waals surface area contributed by atoms with E-state index in [-0.39, 0.29) is 16.6 Å². The third kappa shape index (κ3) is 3.35. The molecule has 9 heteroatoms. The predicted octanol–water partition coefficient (Wildman–Crippen LogP) is 1.26. The number of halogens is 2. The van der Waals surface area contributed by atoms with Crippen molar-refractivity contribution < 1.29 is 17.2 Å². The largest absolute Gasteiger partial charge is 0.368 e. The fourth-order valence-corrected chi connectivity index (χ4v) is 3.88. The van der Waals surface area contributed by atoms with Crippen molar-refractivity contribution in [2.24, 2.45) is 7.05 Å². The van der Waals surface area contributed by atoms with Gasteiger partial charge in [0.1, 0.15) is 16.5 Å². The number of hydrogen-bond donors (Lipinski definition) is 1. The van der Waals surface area contributed by atoms with Gasteiger partial charge in [-0.1, -0.05) is 0 Å². The van der Waals surface area contributed by atoms with E-state index in [9.17, 15) is 17.2 Å². The molecule has 0 saturated carbocycles. The van der Waals surface area contributed by atoms with Crippen molar-refractivity contribution >= 4 is 15.7 Å². The van der Waals surface area contributed by atoms with Gasteiger partial charge in [-0.3, -0.25) is 4.68 Å². The van der Waals surface area contributed by atoms with Gasteiger partial charge >= 0.3 is 0 Å². The van der Waals surface area contributed by atoms with Gasteiger partial charge in [0.2, 0.25) is 10.0 Å². The SMILES string of the molecule is Cn1cc(S(=O)(=O)N[C@H]2CCN(c3ccc(F)cc3F)C2)cn1. The van der Waals surface area contributed by atoms with Gasteiger partial charge in [-0.15, -0.1) is 0 Å². The van der Waals surface area contributed by atoms with Crippen LogP contribution in [0.5, 0.6) is 0 Å². The Morgan fingerprint density at radius 2 is 2.13 bits per heavy atom. The number of aromatic nitrogens is 2. The Morgan fingerprint density at radius 1 is 1.35 bits per heavy atom. The lowest BCUT2D eigenvalue weighted by molar-refractivity contribution is 0.561. The van der Waals surface area contributed by atoms with Crippen LogP contribution in [-0.2, 0) is 17.1 Å². The molecule has 1 atom stereocenters. The van der Waals surface area contributed by atoms with E-state index in [1.807, 2.05) is 0 Å². The Labute approximate surface area is 132 Å². The molecule has 0 radical (unpaired) electrons. The second-order valence-corrected chi connectivity index (χ2v) is 7.21. The van der Waals surface area contributed by atoms with E-state index in [1.165, 1.54) is 29.2 Å². The first kappa shape index (κ1) is 15.9. The maximum atomic E-state index is 13.8. The summed E-state index contributed by atoms with van der Waals surface area (Å²) in [6, 6.07) is 3.03. The average molecular weight is 342 g/mol. The minimum absolute atomic E-state index is 0.0893. The van der Waals surface area contributed by atoms with Crippen LogP contribution in [0.4, 0.5) is 14.5 Å². The molecule has 23 heavy (non-hydrogen) atoms. The topological polar surface area (TPSA) is 67.2 Å². The minimum Gasteiger partial charge on any atom is -0.368 e. The van der Waals surface area contributed by atoms with Crippen molar-refractivity contribution in [3.05, 3.63) is 42.2 Å². The summed E-state index contributed by atoms with van der Waals surface area (Å²) < 4.78 is 55.3. The van der Waals surface area contributed by atoms with E-state index in [0.717, 1.165) is 6.07 Å². The average Bonchev–Trinajstić information content (AvgIpc) is 3.08.